The minimum absolute atomic E-state index is 0.542. The Hall–Kier alpha value is -1.69. The van der Waals surface area contributed by atoms with Crippen LogP contribution in [0.3, 0.4) is 0 Å². The molecule has 0 amide bonds. The molecule has 0 bridgehead atoms. The average Bonchev–Trinajstić information content (AvgIpc) is 2.90. The lowest BCUT2D eigenvalue weighted by Crippen LogP contribution is -2.27. The summed E-state index contributed by atoms with van der Waals surface area (Å²) >= 11 is 3.71. The second kappa shape index (κ2) is 6.31. The van der Waals surface area contributed by atoms with E-state index >= 15 is 0 Å². The molecule has 1 N–H and O–H groups in total. The van der Waals surface area contributed by atoms with Crippen molar-refractivity contribution in [1.29, 1.82) is 0 Å². The second-order valence-electron chi connectivity index (χ2n) is 6.46. The van der Waals surface area contributed by atoms with Crippen molar-refractivity contribution >= 4 is 26.8 Å². The fourth-order valence-electron chi connectivity index (χ4n) is 3.66. The summed E-state index contributed by atoms with van der Waals surface area (Å²) in [4.78, 5) is 6.39. The van der Waals surface area contributed by atoms with Crippen LogP contribution >= 0.6 is 15.9 Å². The first kappa shape index (κ1) is 15.8. The Morgan fingerprint density at radius 3 is 2.83 bits per heavy atom. The van der Waals surface area contributed by atoms with Crippen molar-refractivity contribution < 1.29 is 5.11 Å². The van der Waals surface area contributed by atoms with Gasteiger partial charge in [-0.05, 0) is 52.3 Å². The summed E-state index contributed by atoms with van der Waals surface area (Å²) in [6.45, 7) is 2.56. The van der Waals surface area contributed by atoms with Gasteiger partial charge in [-0.3, -0.25) is 4.98 Å². The van der Waals surface area contributed by atoms with E-state index in [9.17, 15) is 5.11 Å². The fourth-order valence-corrected chi connectivity index (χ4v) is 4.24. The molecule has 0 spiro atoms. The first-order valence-electron chi connectivity index (χ1n) is 8.20. The number of aliphatic hydroxyl groups is 1. The van der Waals surface area contributed by atoms with Gasteiger partial charge < -0.3 is 14.6 Å². The Morgan fingerprint density at radius 2 is 2.04 bits per heavy atom. The van der Waals surface area contributed by atoms with Gasteiger partial charge >= 0.3 is 0 Å². The topological polar surface area (TPSA) is 41.3 Å². The molecule has 0 aliphatic carbocycles. The average molecular weight is 386 g/mol. The van der Waals surface area contributed by atoms with Crippen LogP contribution in [0.25, 0.3) is 10.9 Å². The summed E-state index contributed by atoms with van der Waals surface area (Å²) in [6.07, 6.45) is 3.93. The molecule has 1 atom stereocenters. The van der Waals surface area contributed by atoms with Crippen molar-refractivity contribution in [2.45, 2.75) is 25.6 Å². The van der Waals surface area contributed by atoms with Crippen LogP contribution in [0.5, 0.6) is 0 Å². The van der Waals surface area contributed by atoms with Crippen LogP contribution in [0.2, 0.25) is 0 Å². The number of fused-ring (bicyclic) bond motifs is 3. The maximum Gasteiger partial charge on any atom is 0.0970 e. The number of aromatic nitrogens is 2. The SMILES string of the molecule is CN1CCc2c(c3cccc(Br)c3n2CC(O)c2ccncc2)C1. The van der Waals surface area contributed by atoms with Crippen LogP contribution in [0, 0.1) is 0 Å². The Kier molecular flexibility index (Phi) is 4.16. The highest BCUT2D eigenvalue weighted by Crippen LogP contribution is 2.35. The van der Waals surface area contributed by atoms with Crippen LogP contribution in [-0.2, 0) is 19.5 Å². The van der Waals surface area contributed by atoms with Gasteiger partial charge in [-0.1, -0.05) is 12.1 Å². The van der Waals surface area contributed by atoms with Crippen molar-refractivity contribution in [3.8, 4) is 0 Å². The monoisotopic (exact) mass is 385 g/mol. The summed E-state index contributed by atoms with van der Waals surface area (Å²) in [7, 11) is 2.16. The van der Waals surface area contributed by atoms with Gasteiger partial charge in [-0.15, -0.1) is 0 Å². The lowest BCUT2D eigenvalue weighted by Gasteiger charge is -2.25. The fraction of sp³-hybridized carbons (Fsp3) is 0.316. The van der Waals surface area contributed by atoms with Gasteiger partial charge in [0.05, 0.1) is 18.2 Å². The molecule has 124 valence electrons. The van der Waals surface area contributed by atoms with E-state index in [-0.39, 0.29) is 0 Å². The van der Waals surface area contributed by atoms with E-state index in [0.29, 0.717) is 6.54 Å². The number of aliphatic hydroxyl groups excluding tert-OH is 1. The van der Waals surface area contributed by atoms with Crippen molar-refractivity contribution in [2.75, 3.05) is 13.6 Å². The van der Waals surface area contributed by atoms with E-state index in [1.54, 1.807) is 12.4 Å². The number of hydrogen-bond donors (Lipinski definition) is 1. The highest BCUT2D eigenvalue weighted by atomic mass is 79.9. The first-order valence-corrected chi connectivity index (χ1v) is 8.99. The summed E-state index contributed by atoms with van der Waals surface area (Å²) in [5.74, 6) is 0. The number of halogens is 1. The third-order valence-electron chi connectivity index (χ3n) is 4.86. The molecule has 3 heterocycles. The molecule has 1 aromatic carbocycles. The predicted octanol–water partition coefficient (Wildman–Crippen LogP) is 3.52. The highest BCUT2D eigenvalue weighted by molar-refractivity contribution is 9.10. The zero-order valence-electron chi connectivity index (χ0n) is 13.6. The van der Waals surface area contributed by atoms with Gasteiger partial charge in [-0.25, -0.2) is 0 Å². The Morgan fingerprint density at radius 1 is 1.25 bits per heavy atom. The van der Waals surface area contributed by atoms with E-state index in [2.05, 4.69) is 55.6 Å². The molecule has 2 aromatic heterocycles. The van der Waals surface area contributed by atoms with Crippen molar-refractivity contribution in [3.05, 3.63) is 64.0 Å². The molecule has 3 aromatic rings. The van der Waals surface area contributed by atoms with Gasteiger partial charge in [0.25, 0.3) is 0 Å². The molecule has 0 fully saturated rings. The summed E-state index contributed by atoms with van der Waals surface area (Å²) in [5.41, 5.74) is 4.83. The Bertz CT molecular complexity index is 875. The lowest BCUT2D eigenvalue weighted by molar-refractivity contribution is 0.156. The van der Waals surface area contributed by atoms with Gasteiger partial charge in [0.2, 0.25) is 0 Å². The van der Waals surface area contributed by atoms with Crippen LogP contribution in [0.4, 0.5) is 0 Å². The smallest absolute Gasteiger partial charge is 0.0970 e. The number of likely N-dealkylation sites (N-methyl/N-ethyl adjacent to an activating group) is 1. The molecule has 4 rings (SSSR count). The maximum absolute atomic E-state index is 10.7. The molecule has 1 aliphatic heterocycles. The standard InChI is InChI=1S/C19H20BrN3O/c1-22-10-7-17-15(11-22)14-3-2-4-16(20)19(14)23(17)12-18(24)13-5-8-21-9-6-13/h2-6,8-9,18,24H,7,10-12H2,1H3. The zero-order chi connectivity index (χ0) is 16.7. The molecule has 5 heteroatoms. The number of nitrogens with zero attached hydrogens (tertiary/aromatic N) is 3. The van der Waals surface area contributed by atoms with Crippen LogP contribution in [0.15, 0.2) is 47.2 Å². The summed E-state index contributed by atoms with van der Waals surface area (Å²) in [6, 6.07) is 10.1. The molecular weight excluding hydrogens is 366 g/mol. The molecular formula is C19H20BrN3O. The van der Waals surface area contributed by atoms with Gasteiger partial charge in [0.15, 0.2) is 0 Å². The number of para-hydroxylation sites is 1. The zero-order valence-corrected chi connectivity index (χ0v) is 15.2. The van der Waals surface area contributed by atoms with E-state index in [1.165, 1.54) is 22.2 Å². The first-order chi connectivity index (χ1) is 11.6. The van der Waals surface area contributed by atoms with Crippen LogP contribution in [0.1, 0.15) is 22.9 Å². The van der Waals surface area contributed by atoms with E-state index in [0.717, 1.165) is 29.5 Å². The van der Waals surface area contributed by atoms with Crippen molar-refractivity contribution in [3.63, 3.8) is 0 Å². The third kappa shape index (κ3) is 2.66. The highest BCUT2D eigenvalue weighted by Gasteiger charge is 2.24. The molecule has 24 heavy (non-hydrogen) atoms. The lowest BCUT2D eigenvalue weighted by atomic mass is 10.1. The molecule has 1 unspecified atom stereocenters. The Labute approximate surface area is 149 Å². The molecule has 0 radical (unpaired) electrons. The molecule has 4 nitrogen and oxygen atoms in total. The largest absolute Gasteiger partial charge is 0.387 e. The second-order valence-corrected chi connectivity index (χ2v) is 7.31. The summed E-state index contributed by atoms with van der Waals surface area (Å²) < 4.78 is 3.38. The molecule has 0 saturated carbocycles. The van der Waals surface area contributed by atoms with Gasteiger partial charge in [0, 0.05) is 47.5 Å². The van der Waals surface area contributed by atoms with Crippen molar-refractivity contribution in [2.24, 2.45) is 0 Å². The third-order valence-corrected chi connectivity index (χ3v) is 5.50. The normalized spacial score (nSPS) is 16.3. The van der Waals surface area contributed by atoms with E-state index in [1.807, 2.05) is 12.1 Å². The van der Waals surface area contributed by atoms with Gasteiger partial charge in [-0.2, -0.15) is 0 Å². The van der Waals surface area contributed by atoms with Gasteiger partial charge in [0.1, 0.15) is 0 Å². The molecule has 1 aliphatic rings. The summed E-state index contributed by atoms with van der Waals surface area (Å²) in [5, 5.41) is 12.0. The number of hydrogen-bond acceptors (Lipinski definition) is 3. The maximum atomic E-state index is 10.7. The van der Waals surface area contributed by atoms with E-state index in [4.69, 9.17) is 0 Å². The molecule has 0 saturated heterocycles. The minimum Gasteiger partial charge on any atom is -0.387 e. The quantitative estimate of drug-likeness (QED) is 0.749. The predicted molar refractivity (Wildman–Crippen MR) is 98.9 cm³/mol. The number of rotatable bonds is 3. The number of pyridine rings is 1. The van der Waals surface area contributed by atoms with Crippen LogP contribution in [-0.4, -0.2) is 33.1 Å². The minimum atomic E-state index is -0.542. The Balaban J connectivity index is 1.83. The van der Waals surface area contributed by atoms with E-state index < -0.39 is 6.10 Å². The number of benzene rings is 1. The van der Waals surface area contributed by atoms with Crippen LogP contribution < -0.4 is 0 Å². The van der Waals surface area contributed by atoms with Crippen molar-refractivity contribution in [1.82, 2.24) is 14.5 Å².